The number of rotatable bonds is 5. The number of hydrogen-bond acceptors (Lipinski definition) is 5. The van der Waals surface area contributed by atoms with E-state index in [1.165, 1.54) is 4.90 Å². The summed E-state index contributed by atoms with van der Waals surface area (Å²) in [7, 11) is 1.59. The quantitative estimate of drug-likeness (QED) is 0.564. The second-order valence-electron chi connectivity index (χ2n) is 9.36. The zero-order valence-corrected chi connectivity index (χ0v) is 19.2. The topological polar surface area (TPSA) is 87.7 Å². The van der Waals surface area contributed by atoms with E-state index in [1.54, 1.807) is 7.11 Å². The number of hydrogen-bond donors (Lipinski definition) is 2. The molecule has 176 valence electrons. The van der Waals surface area contributed by atoms with Crippen molar-refractivity contribution in [1.82, 2.24) is 10.2 Å². The van der Waals surface area contributed by atoms with Crippen LogP contribution in [-0.2, 0) is 32.9 Å². The Bertz CT molecular complexity index is 1320. The number of imide groups is 1. The molecule has 2 saturated heterocycles. The molecule has 35 heavy (non-hydrogen) atoms. The highest BCUT2D eigenvalue weighted by Gasteiger charge is 2.70. The van der Waals surface area contributed by atoms with Gasteiger partial charge in [0.05, 0.1) is 25.5 Å². The van der Waals surface area contributed by atoms with Gasteiger partial charge in [-0.3, -0.25) is 24.6 Å². The van der Waals surface area contributed by atoms with Crippen LogP contribution >= 0.6 is 0 Å². The molecule has 2 N–H and O–H groups in total. The lowest BCUT2D eigenvalue weighted by Gasteiger charge is -2.29. The average Bonchev–Trinajstić information content (AvgIpc) is 3.46. The van der Waals surface area contributed by atoms with Gasteiger partial charge in [-0.25, -0.2) is 0 Å². The fourth-order valence-electron chi connectivity index (χ4n) is 5.93. The number of anilines is 1. The predicted molar refractivity (Wildman–Crippen MR) is 129 cm³/mol. The Morgan fingerprint density at radius 1 is 0.857 bits per heavy atom. The van der Waals surface area contributed by atoms with Crippen molar-refractivity contribution in [3.63, 3.8) is 0 Å². The largest absolute Gasteiger partial charge is 0.497 e. The molecule has 0 saturated carbocycles. The number of ether oxygens (including phenoxy) is 1. The summed E-state index contributed by atoms with van der Waals surface area (Å²) >= 11 is 0. The normalized spacial score (nSPS) is 26.7. The second kappa shape index (κ2) is 8.06. The van der Waals surface area contributed by atoms with Gasteiger partial charge in [0.1, 0.15) is 11.3 Å². The number of para-hydroxylation sites is 1. The monoisotopic (exact) mass is 467 g/mol. The van der Waals surface area contributed by atoms with Crippen LogP contribution in [0.5, 0.6) is 5.75 Å². The number of nitrogens with one attached hydrogen (secondary N) is 2. The smallest absolute Gasteiger partial charge is 0.250 e. The minimum atomic E-state index is -1.28. The molecule has 4 atom stereocenters. The maximum Gasteiger partial charge on any atom is 0.250 e. The molecule has 3 aliphatic rings. The maximum atomic E-state index is 13.9. The van der Waals surface area contributed by atoms with Crippen LogP contribution in [0.4, 0.5) is 5.69 Å². The second-order valence-corrected chi connectivity index (χ2v) is 9.36. The summed E-state index contributed by atoms with van der Waals surface area (Å²) in [6, 6.07) is 24.2. The summed E-state index contributed by atoms with van der Waals surface area (Å²) in [6.07, 6.45) is 0.536. The fourth-order valence-corrected chi connectivity index (χ4v) is 5.93. The molecule has 2 fully saturated rings. The number of nitrogens with zero attached hydrogens (tertiary/aromatic N) is 1. The Kier molecular flexibility index (Phi) is 4.96. The van der Waals surface area contributed by atoms with E-state index in [0.717, 1.165) is 16.7 Å². The zero-order chi connectivity index (χ0) is 24.2. The highest BCUT2D eigenvalue weighted by Crippen LogP contribution is 2.53. The number of likely N-dealkylation sites (tertiary alicyclic amines) is 1. The van der Waals surface area contributed by atoms with Crippen molar-refractivity contribution in [2.75, 3.05) is 12.4 Å². The first-order valence-electron chi connectivity index (χ1n) is 11.7. The first-order chi connectivity index (χ1) is 17.0. The van der Waals surface area contributed by atoms with Gasteiger partial charge >= 0.3 is 0 Å². The third-order valence-corrected chi connectivity index (χ3v) is 7.51. The van der Waals surface area contributed by atoms with E-state index >= 15 is 0 Å². The molecule has 7 nitrogen and oxygen atoms in total. The molecule has 3 aromatic rings. The van der Waals surface area contributed by atoms with Crippen LogP contribution < -0.4 is 15.4 Å². The van der Waals surface area contributed by atoms with E-state index in [0.29, 0.717) is 17.9 Å². The van der Waals surface area contributed by atoms with Crippen molar-refractivity contribution in [3.8, 4) is 5.75 Å². The molecule has 0 radical (unpaired) electrons. The molecule has 7 heteroatoms. The Hall–Kier alpha value is -3.97. The maximum absolute atomic E-state index is 13.9. The van der Waals surface area contributed by atoms with Crippen molar-refractivity contribution < 1.29 is 19.1 Å². The molecular formula is C28H25N3O4. The van der Waals surface area contributed by atoms with E-state index in [4.69, 9.17) is 4.74 Å². The number of methoxy groups -OCH3 is 1. The Morgan fingerprint density at radius 2 is 1.57 bits per heavy atom. The van der Waals surface area contributed by atoms with Gasteiger partial charge in [0.15, 0.2) is 0 Å². The van der Waals surface area contributed by atoms with Crippen LogP contribution in [0, 0.1) is 11.8 Å². The molecule has 3 aromatic carbocycles. The minimum Gasteiger partial charge on any atom is -0.497 e. The molecule has 1 spiro atoms. The highest BCUT2D eigenvalue weighted by molar-refractivity contribution is 6.15. The molecule has 3 heterocycles. The summed E-state index contributed by atoms with van der Waals surface area (Å²) in [5.41, 5.74) is 2.00. The molecule has 0 aromatic heterocycles. The van der Waals surface area contributed by atoms with Crippen LogP contribution in [-0.4, -0.2) is 35.8 Å². The van der Waals surface area contributed by atoms with Crippen LogP contribution in [0.25, 0.3) is 0 Å². The highest BCUT2D eigenvalue weighted by atomic mass is 16.5. The van der Waals surface area contributed by atoms with Crippen molar-refractivity contribution in [1.29, 1.82) is 0 Å². The van der Waals surface area contributed by atoms with E-state index in [9.17, 15) is 14.4 Å². The Balaban J connectivity index is 1.41. The predicted octanol–water partition coefficient (Wildman–Crippen LogP) is 2.86. The summed E-state index contributed by atoms with van der Waals surface area (Å²) in [4.78, 5) is 42.5. The molecule has 0 unspecified atom stereocenters. The molecule has 6 rings (SSSR count). The third-order valence-electron chi connectivity index (χ3n) is 7.51. The molecule has 3 aliphatic heterocycles. The van der Waals surface area contributed by atoms with Crippen molar-refractivity contribution in [3.05, 3.63) is 95.6 Å². The average molecular weight is 468 g/mol. The van der Waals surface area contributed by atoms with E-state index in [2.05, 4.69) is 10.6 Å². The Morgan fingerprint density at radius 3 is 2.31 bits per heavy atom. The minimum absolute atomic E-state index is 0.159. The van der Waals surface area contributed by atoms with Crippen molar-refractivity contribution in [2.24, 2.45) is 11.8 Å². The molecular weight excluding hydrogens is 442 g/mol. The standard InChI is InChI=1S/C28H25N3O4/c1-35-19-13-11-18(12-14-19)16-31-25(32)23-22(15-17-7-3-2-4-8-17)30-28(24(23)26(31)33)20-9-5-6-10-21(20)29-27(28)34/h2-14,22-24,30H,15-16H2,1H3,(H,29,34)/t22-,23-,24-,28-/m0/s1. The SMILES string of the molecule is COc1ccc(CN2C(=O)[C@H]3[C@H](Cc4ccccc4)N[C@]4(C(=O)Nc5ccccc54)[C@@H]3C2=O)cc1. The van der Waals surface area contributed by atoms with Crippen molar-refractivity contribution >= 4 is 23.4 Å². The van der Waals surface area contributed by atoms with Crippen LogP contribution in [0.3, 0.4) is 0 Å². The first-order valence-corrected chi connectivity index (χ1v) is 11.7. The number of fused-ring (bicyclic) bond motifs is 4. The number of carbonyl (C=O) groups is 3. The van der Waals surface area contributed by atoms with E-state index in [1.807, 2.05) is 78.9 Å². The lowest BCUT2D eigenvalue weighted by Crippen LogP contribution is -2.53. The zero-order valence-electron chi connectivity index (χ0n) is 19.2. The van der Waals surface area contributed by atoms with Crippen LogP contribution in [0.15, 0.2) is 78.9 Å². The molecule has 3 amide bonds. The van der Waals surface area contributed by atoms with Gasteiger partial charge < -0.3 is 10.1 Å². The Labute approximate surface area is 203 Å². The van der Waals surface area contributed by atoms with E-state index in [-0.39, 0.29) is 30.3 Å². The van der Waals surface area contributed by atoms with Crippen molar-refractivity contribution in [2.45, 2.75) is 24.5 Å². The number of benzene rings is 3. The lowest BCUT2D eigenvalue weighted by atomic mass is 9.76. The summed E-state index contributed by atoms with van der Waals surface area (Å²) in [5, 5.41) is 6.43. The third kappa shape index (κ3) is 3.19. The summed E-state index contributed by atoms with van der Waals surface area (Å²) in [5.74, 6) is -1.58. The first kappa shape index (κ1) is 21.6. The van der Waals surface area contributed by atoms with Gasteiger partial charge in [-0.2, -0.15) is 0 Å². The summed E-state index contributed by atoms with van der Waals surface area (Å²) in [6.45, 7) is 0.159. The van der Waals surface area contributed by atoms with E-state index < -0.39 is 17.4 Å². The van der Waals surface area contributed by atoms with Gasteiger partial charge in [0.2, 0.25) is 17.7 Å². The van der Waals surface area contributed by atoms with Crippen LogP contribution in [0.1, 0.15) is 16.7 Å². The van der Waals surface area contributed by atoms with Gasteiger partial charge in [-0.05, 0) is 35.7 Å². The number of carbonyl (C=O) groups excluding carboxylic acids is 3. The van der Waals surface area contributed by atoms with Gasteiger partial charge in [0, 0.05) is 17.3 Å². The molecule has 0 bridgehead atoms. The van der Waals surface area contributed by atoms with Gasteiger partial charge in [-0.1, -0.05) is 60.7 Å². The number of amides is 3. The van der Waals surface area contributed by atoms with Gasteiger partial charge in [-0.15, -0.1) is 0 Å². The fraction of sp³-hybridized carbons (Fsp3) is 0.250. The summed E-state index contributed by atoms with van der Waals surface area (Å²) < 4.78 is 5.22. The van der Waals surface area contributed by atoms with Gasteiger partial charge in [0.25, 0.3) is 0 Å². The molecule has 0 aliphatic carbocycles. The van der Waals surface area contributed by atoms with Crippen LogP contribution in [0.2, 0.25) is 0 Å². The lowest BCUT2D eigenvalue weighted by molar-refractivity contribution is -0.143.